The summed E-state index contributed by atoms with van der Waals surface area (Å²) in [6.45, 7) is 24.1. The zero-order valence-electron chi connectivity index (χ0n) is 23.1. The fourth-order valence-electron chi connectivity index (χ4n) is 10.9. The number of nitrogens with zero attached hydrogens (tertiary/aromatic N) is 2. The summed E-state index contributed by atoms with van der Waals surface area (Å²) in [6, 6.07) is 2.03. The maximum atomic E-state index is 2.56. The first-order valence-corrected chi connectivity index (χ1v) is 13.6. The molecular weight excluding hydrogens is 556 g/mol. The van der Waals surface area contributed by atoms with Crippen LogP contribution in [0.3, 0.4) is 0 Å². The van der Waals surface area contributed by atoms with Gasteiger partial charge in [0.15, 0.2) is 0 Å². The van der Waals surface area contributed by atoms with Gasteiger partial charge < -0.3 is 53.9 Å². The lowest BCUT2D eigenvalue weighted by Crippen LogP contribution is -3.00. The normalized spacial score (nSPS) is 40.8. The van der Waals surface area contributed by atoms with Crippen molar-refractivity contribution in [1.82, 2.24) is 0 Å². The Bertz CT molecular complexity index is 630. The second-order valence-corrected chi connectivity index (χ2v) is 15.5. The second kappa shape index (κ2) is 10.5. The molecule has 0 aromatic carbocycles. The van der Waals surface area contributed by atoms with E-state index in [1.165, 1.54) is 112 Å². The van der Waals surface area contributed by atoms with Crippen LogP contribution in [-0.4, -0.2) is 71.3 Å². The minimum absolute atomic E-state index is 0. The highest BCUT2D eigenvalue weighted by Crippen LogP contribution is 2.57. The van der Waals surface area contributed by atoms with Crippen LogP contribution < -0.4 is 34.0 Å². The van der Waals surface area contributed by atoms with Crippen LogP contribution in [0.1, 0.15) is 106 Å². The first-order valence-electron chi connectivity index (χ1n) is 13.6. The SMILES string of the molecule is CC1(C)C[C@@H]2C[C@](C)(C1)C[N+]21CCCC1.CC1(C)C[C@H]2C[C@@](C)(C1)C[N+]21CCCC1.O.O.[Br-].[Br-]. The van der Waals surface area contributed by atoms with Crippen LogP contribution in [0, 0.1) is 21.7 Å². The molecule has 2 spiro atoms. The molecule has 0 amide bonds. The Kier molecular flexibility index (Phi) is 10.2. The molecule has 4 N–H and O–H groups in total. The molecule has 34 heavy (non-hydrogen) atoms. The molecule has 4 atom stereocenters. The van der Waals surface area contributed by atoms with Crippen LogP contribution in [0.15, 0.2) is 0 Å². The molecule has 4 bridgehead atoms. The fourth-order valence-corrected chi connectivity index (χ4v) is 10.9. The smallest absolute Gasteiger partial charge is 0.0903 e. The van der Waals surface area contributed by atoms with Crippen LogP contribution >= 0.6 is 0 Å². The molecule has 0 radical (unpaired) electrons. The molecule has 0 aromatic rings. The average molecular weight is 613 g/mol. The van der Waals surface area contributed by atoms with E-state index in [0.717, 1.165) is 12.1 Å². The van der Waals surface area contributed by atoms with Gasteiger partial charge in [0.2, 0.25) is 0 Å². The highest BCUT2D eigenvalue weighted by atomic mass is 79.9. The summed E-state index contributed by atoms with van der Waals surface area (Å²) in [4.78, 5) is 0. The summed E-state index contributed by atoms with van der Waals surface area (Å²) in [5.41, 5.74) is 2.58. The van der Waals surface area contributed by atoms with Crippen molar-refractivity contribution in [1.29, 1.82) is 0 Å². The Morgan fingerprint density at radius 1 is 0.500 bits per heavy atom. The molecule has 204 valence electrons. The third kappa shape index (κ3) is 5.93. The zero-order chi connectivity index (χ0) is 21.5. The topological polar surface area (TPSA) is 63.0 Å². The largest absolute Gasteiger partial charge is 1.00 e. The molecule has 4 saturated heterocycles. The Morgan fingerprint density at radius 2 is 0.794 bits per heavy atom. The minimum atomic E-state index is 0. The summed E-state index contributed by atoms with van der Waals surface area (Å²) in [7, 11) is 0. The van der Waals surface area contributed by atoms with E-state index >= 15 is 0 Å². The van der Waals surface area contributed by atoms with Gasteiger partial charge in [-0.25, -0.2) is 0 Å². The highest BCUT2D eigenvalue weighted by Gasteiger charge is 2.60. The summed E-state index contributed by atoms with van der Waals surface area (Å²) in [6.07, 6.45) is 14.9. The number of quaternary nitrogens is 2. The summed E-state index contributed by atoms with van der Waals surface area (Å²) in [5.74, 6) is 0. The van der Waals surface area contributed by atoms with Gasteiger partial charge in [0, 0.05) is 62.2 Å². The maximum Gasteiger partial charge on any atom is 0.0903 e. The molecule has 2 aliphatic carbocycles. The van der Waals surface area contributed by atoms with Crippen LogP contribution in [0.4, 0.5) is 0 Å². The van der Waals surface area contributed by atoms with E-state index in [2.05, 4.69) is 41.5 Å². The minimum Gasteiger partial charge on any atom is -1.00 e. The van der Waals surface area contributed by atoms with Gasteiger partial charge in [0.1, 0.15) is 0 Å². The molecule has 4 heterocycles. The summed E-state index contributed by atoms with van der Waals surface area (Å²) >= 11 is 0. The number of rotatable bonds is 0. The van der Waals surface area contributed by atoms with Crippen LogP contribution in [0.25, 0.3) is 0 Å². The molecule has 4 aliphatic heterocycles. The maximum absolute atomic E-state index is 2.56. The highest BCUT2D eigenvalue weighted by molar-refractivity contribution is 4.99. The average Bonchev–Trinajstić information content (AvgIpc) is 3.29. The third-order valence-corrected chi connectivity index (χ3v) is 10.7. The Balaban J connectivity index is 0.000000304. The van der Waals surface area contributed by atoms with E-state index < -0.39 is 0 Å². The van der Waals surface area contributed by atoms with E-state index in [4.69, 9.17) is 0 Å². The fraction of sp³-hybridized carbons (Fsp3) is 1.00. The van der Waals surface area contributed by atoms with Gasteiger partial charge in [-0.1, -0.05) is 41.5 Å². The Hall–Kier alpha value is 0.800. The Morgan fingerprint density at radius 3 is 1.09 bits per heavy atom. The van der Waals surface area contributed by atoms with Crippen molar-refractivity contribution in [3.8, 4) is 0 Å². The predicted molar refractivity (Wildman–Crippen MR) is 134 cm³/mol. The lowest BCUT2D eigenvalue weighted by molar-refractivity contribution is -0.930. The van der Waals surface area contributed by atoms with E-state index in [9.17, 15) is 0 Å². The zero-order valence-corrected chi connectivity index (χ0v) is 26.3. The van der Waals surface area contributed by atoms with E-state index in [-0.39, 0.29) is 44.9 Å². The summed E-state index contributed by atoms with van der Waals surface area (Å²) < 4.78 is 3.03. The van der Waals surface area contributed by atoms with Crippen molar-refractivity contribution < 1.29 is 53.9 Å². The quantitative estimate of drug-likeness (QED) is 0.308. The first kappa shape index (κ1) is 32.8. The van der Waals surface area contributed by atoms with Gasteiger partial charge in [-0.2, -0.15) is 0 Å². The van der Waals surface area contributed by atoms with Crippen LogP contribution in [-0.2, 0) is 0 Å². The van der Waals surface area contributed by atoms with Crippen molar-refractivity contribution in [2.24, 2.45) is 21.7 Å². The number of hydrogen-bond donors (Lipinski definition) is 0. The van der Waals surface area contributed by atoms with Gasteiger partial charge >= 0.3 is 0 Å². The van der Waals surface area contributed by atoms with Gasteiger partial charge in [-0.3, -0.25) is 0 Å². The predicted octanol–water partition coefficient (Wildman–Crippen LogP) is -1.25. The van der Waals surface area contributed by atoms with Crippen molar-refractivity contribution in [2.75, 3.05) is 39.3 Å². The standard InChI is InChI=1S/2C14H26N.2BrH.2H2O/c2*1-13(2)8-12-9-14(3,10-13)11-15(12)6-4-5-7-15;;;;/h2*12H,4-11H2,1-3H3;2*1H;2*1H2/q2*+1;;;;/p-2/t2*12-,14-;;;;/m10..../s1. The van der Waals surface area contributed by atoms with Gasteiger partial charge in [0.05, 0.1) is 51.4 Å². The summed E-state index contributed by atoms with van der Waals surface area (Å²) in [5, 5.41) is 0. The molecule has 6 rings (SSSR count). The van der Waals surface area contributed by atoms with Crippen LogP contribution in [0.2, 0.25) is 0 Å². The molecule has 6 heteroatoms. The van der Waals surface area contributed by atoms with Gasteiger partial charge in [0.25, 0.3) is 0 Å². The molecule has 4 nitrogen and oxygen atoms in total. The van der Waals surface area contributed by atoms with E-state index in [0.29, 0.717) is 21.7 Å². The van der Waals surface area contributed by atoms with Gasteiger partial charge in [-0.05, 0) is 23.7 Å². The molecule has 6 fully saturated rings. The number of halogens is 2. The molecular formula is C28H56Br2N2O2. The lowest BCUT2D eigenvalue weighted by Gasteiger charge is -2.40. The van der Waals surface area contributed by atoms with Crippen molar-refractivity contribution in [2.45, 2.75) is 118 Å². The molecule has 0 unspecified atom stereocenters. The van der Waals surface area contributed by atoms with Crippen molar-refractivity contribution in [3.05, 3.63) is 0 Å². The molecule has 2 saturated carbocycles. The lowest BCUT2D eigenvalue weighted by atomic mass is 9.65. The van der Waals surface area contributed by atoms with E-state index in [1.54, 1.807) is 0 Å². The first-order chi connectivity index (χ1) is 13.9. The number of fused-ring (bicyclic) bond motifs is 6. The third-order valence-electron chi connectivity index (χ3n) is 10.7. The van der Waals surface area contributed by atoms with E-state index in [1.807, 2.05) is 0 Å². The Labute approximate surface area is 231 Å². The number of hydrogen-bond acceptors (Lipinski definition) is 0. The monoisotopic (exact) mass is 610 g/mol. The van der Waals surface area contributed by atoms with Crippen LogP contribution in [0.5, 0.6) is 0 Å². The van der Waals surface area contributed by atoms with Crippen molar-refractivity contribution in [3.63, 3.8) is 0 Å². The molecule has 6 aliphatic rings. The molecule has 0 aromatic heterocycles. The van der Waals surface area contributed by atoms with Crippen molar-refractivity contribution >= 4 is 0 Å². The van der Waals surface area contributed by atoms with Gasteiger partial charge in [-0.15, -0.1) is 0 Å². The second-order valence-electron chi connectivity index (χ2n) is 15.5.